The predicted octanol–water partition coefficient (Wildman–Crippen LogP) is 6.67. The van der Waals surface area contributed by atoms with Crippen LogP contribution in [0.1, 0.15) is 49.3 Å². The van der Waals surface area contributed by atoms with Crippen molar-refractivity contribution in [1.29, 1.82) is 0 Å². The normalized spacial score (nSPS) is 17.6. The van der Waals surface area contributed by atoms with Gasteiger partial charge in [-0.15, -0.1) is 0 Å². The number of hydrogen-bond donors (Lipinski definition) is 0. The SMILES string of the molecule is CCCCC1CCc2cc(-c3ccc(C(F)(F)F)cc3)ccc2C1. The van der Waals surface area contributed by atoms with E-state index in [-0.39, 0.29) is 0 Å². The Balaban J connectivity index is 1.77. The maximum absolute atomic E-state index is 12.7. The highest BCUT2D eigenvalue weighted by molar-refractivity contribution is 5.65. The van der Waals surface area contributed by atoms with Crippen LogP contribution in [0.25, 0.3) is 11.1 Å². The Morgan fingerprint density at radius 3 is 2.33 bits per heavy atom. The molecule has 0 N–H and O–H groups in total. The van der Waals surface area contributed by atoms with Gasteiger partial charge in [0.15, 0.2) is 0 Å². The summed E-state index contributed by atoms with van der Waals surface area (Å²) in [5, 5.41) is 0. The third-order valence-electron chi connectivity index (χ3n) is 5.05. The molecule has 0 radical (unpaired) electrons. The zero-order chi connectivity index (χ0) is 17.2. The van der Waals surface area contributed by atoms with Gasteiger partial charge >= 0.3 is 6.18 Å². The Hall–Kier alpha value is -1.77. The van der Waals surface area contributed by atoms with Crippen molar-refractivity contribution in [3.8, 4) is 11.1 Å². The van der Waals surface area contributed by atoms with E-state index in [2.05, 4.69) is 19.1 Å². The van der Waals surface area contributed by atoms with Crippen LogP contribution >= 0.6 is 0 Å². The minimum atomic E-state index is -4.28. The van der Waals surface area contributed by atoms with E-state index in [4.69, 9.17) is 0 Å². The summed E-state index contributed by atoms with van der Waals surface area (Å²) in [5.74, 6) is 0.786. The van der Waals surface area contributed by atoms with Crippen LogP contribution in [0.2, 0.25) is 0 Å². The molecule has 1 aliphatic carbocycles. The highest BCUT2D eigenvalue weighted by Crippen LogP contribution is 2.34. The van der Waals surface area contributed by atoms with Crippen molar-refractivity contribution in [2.75, 3.05) is 0 Å². The number of unbranched alkanes of at least 4 members (excludes halogenated alkanes) is 1. The highest BCUT2D eigenvalue weighted by atomic mass is 19.4. The minimum absolute atomic E-state index is 0.594. The van der Waals surface area contributed by atoms with Gasteiger partial charge in [-0.25, -0.2) is 0 Å². The first-order valence-electron chi connectivity index (χ1n) is 8.77. The number of rotatable bonds is 4. The van der Waals surface area contributed by atoms with Gasteiger partial charge < -0.3 is 0 Å². The van der Waals surface area contributed by atoms with Crippen molar-refractivity contribution >= 4 is 0 Å². The van der Waals surface area contributed by atoms with Crippen LogP contribution in [0.3, 0.4) is 0 Å². The number of benzene rings is 2. The molecule has 0 aliphatic heterocycles. The van der Waals surface area contributed by atoms with Crippen LogP contribution in [0.4, 0.5) is 13.2 Å². The van der Waals surface area contributed by atoms with Gasteiger partial charge in [-0.2, -0.15) is 13.2 Å². The number of aryl methyl sites for hydroxylation is 1. The molecule has 0 saturated heterocycles. The second kappa shape index (κ2) is 7.00. The van der Waals surface area contributed by atoms with Gasteiger partial charge in [0.1, 0.15) is 0 Å². The summed E-state index contributed by atoms with van der Waals surface area (Å²) in [7, 11) is 0. The second-order valence-corrected chi connectivity index (χ2v) is 6.81. The fraction of sp³-hybridized carbons (Fsp3) is 0.429. The lowest BCUT2D eigenvalue weighted by Gasteiger charge is -2.25. The molecule has 0 spiro atoms. The quantitative estimate of drug-likeness (QED) is 0.586. The van der Waals surface area contributed by atoms with E-state index in [0.29, 0.717) is 0 Å². The molecule has 1 unspecified atom stereocenters. The topological polar surface area (TPSA) is 0 Å². The maximum atomic E-state index is 12.7. The minimum Gasteiger partial charge on any atom is -0.166 e. The predicted molar refractivity (Wildman–Crippen MR) is 91.9 cm³/mol. The van der Waals surface area contributed by atoms with Gasteiger partial charge in [-0.3, -0.25) is 0 Å². The lowest BCUT2D eigenvalue weighted by atomic mass is 9.80. The van der Waals surface area contributed by atoms with Crippen molar-refractivity contribution in [1.82, 2.24) is 0 Å². The van der Waals surface area contributed by atoms with Gasteiger partial charge in [-0.05, 0) is 59.6 Å². The van der Waals surface area contributed by atoms with E-state index >= 15 is 0 Å². The van der Waals surface area contributed by atoms with Crippen molar-refractivity contribution in [3.05, 3.63) is 59.2 Å². The molecule has 2 aromatic carbocycles. The van der Waals surface area contributed by atoms with Crippen LogP contribution in [0.5, 0.6) is 0 Å². The standard InChI is InChI=1S/C21H23F3/c1-2-3-4-15-5-6-19-14-18(8-7-17(19)13-15)16-9-11-20(12-10-16)21(22,23)24/h7-12,14-15H,2-6,13H2,1H3. The number of halogens is 3. The summed E-state index contributed by atoms with van der Waals surface area (Å²) in [4.78, 5) is 0. The molecule has 0 amide bonds. The van der Waals surface area contributed by atoms with Crippen molar-refractivity contribution in [2.45, 2.75) is 51.6 Å². The number of hydrogen-bond acceptors (Lipinski definition) is 0. The monoisotopic (exact) mass is 332 g/mol. The van der Waals surface area contributed by atoms with E-state index in [9.17, 15) is 13.2 Å². The first-order valence-corrected chi connectivity index (χ1v) is 8.77. The number of alkyl halides is 3. The molecule has 1 aliphatic rings. The first-order chi connectivity index (χ1) is 11.5. The Labute approximate surface area is 141 Å². The molecule has 0 nitrogen and oxygen atoms in total. The van der Waals surface area contributed by atoms with E-state index in [1.54, 1.807) is 12.1 Å². The van der Waals surface area contributed by atoms with Crippen molar-refractivity contribution in [3.63, 3.8) is 0 Å². The van der Waals surface area contributed by atoms with E-state index in [1.165, 1.54) is 36.8 Å². The fourth-order valence-corrected chi connectivity index (χ4v) is 3.60. The summed E-state index contributed by atoms with van der Waals surface area (Å²) in [6.07, 6.45) is 3.02. The molecular weight excluding hydrogens is 309 g/mol. The smallest absolute Gasteiger partial charge is 0.166 e. The van der Waals surface area contributed by atoms with Crippen LogP contribution < -0.4 is 0 Å². The van der Waals surface area contributed by atoms with Crippen LogP contribution in [0, 0.1) is 5.92 Å². The summed E-state index contributed by atoms with van der Waals surface area (Å²) in [5.41, 5.74) is 4.04. The third-order valence-corrected chi connectivity index (χ3v) is 5.05. The molecule has 0 saturated carbocycles. The van der Waals surface area contributed by atoms with E-state index in [0.717, 1.165) is 42.0 Å². The molecule has 0 bridgehead atoms. The average Bonchev–Trinajstić information content (AvgIpc) is 2.58. The zero-order valence-electron chi connectivity index (χ0n) is 14.0. The molecule has 0 fully saturated rings. The lowest BCUT2D eigenvalue weighted by Crippen LogP contribution is -2.14. The Morgan fingerprint density at radius 1 is 0.958 bits per heavy atom. The second-order valence-electron chi connectivity index (χ2n) is 6.81. The summed E-state index contributed by atoms with van der Waals surface area (Å²) in [6, 6.07) is 11.8. The molecule has 3 rings (SSSR count). The first kappa shape index (κ1) is 17.1. The number of fused-ring (bicyclic) bond motifs is 1. The Bertz CT molecular complexity index is 683. The average molecular weight is 332 g/mol. The molecule has 2 aromatic rings. The Morgan fingerprint density at radius 2 is 1.67 bits per heavy atom. The van der Waals surface area contributed by atoms with Gasteiger partial charge in [0.2, 0.25) is 0 Å². The molecule has 128 valence electrons. The summed E-state index contributed by atoms with van der Waals surface area (Å²) in [6.45, 7) is 2.23. The zero-order valence-corrected chi connectivity index (χ0v) is 14.0. The van der Waals surface area contributed by atoms with E-state index in [1.807, 2.05) is 6.07 Å². The molecular formula is C21H23F3. The third kappa shape index (κ3) is 3.82. The van der Waals surface area contributed by atoms with E-state index < -0.39 is 11.7 Å². The molecule has 0 aromatic heterocycles. The van der Waals surface area contributed by atoms with Crippen molar-refractivity contribution < 1.29 is 13.2 Å². The lowest BCUT2D eigenvalue weighted by molar-refractivity contribution is -0.137. The van der Waals surface area contributed by atoms with Crippen LogP contribution in [-0.2, 0) is 19.0 Å². The molecule has 0 heterocycles. The van der Waals surface area contributed by atoms with Gasteiger partial charge in [-0.1, -0.05) is 56.5 Å². The van der Waals surface area contributed by atoms with Crippen LogP contribution in [-0.4, -0.2) is 0 Å². The van der Waals surface area contributed by atoms with Gasteiger partial charge in [0.05, 0.1) is 5.56 Å². The van der Waals surface area contributed by atoms with Crippen LogP contribution in [0.15, 0.2) is 42.5 Å². The van der Waals surface area contributed by atoms with Gasteiger partial charge in [0.25, 0.3) is 0 Å². The summed E-state index contributed by atoms with van der Waals surface area (Å²) < 4.78 is 38.0. The molecule has 3 heteroatoms. The fourth-order valence-electron chi connectivity index (χ4n) is 3.60. The van der Waals surface area contributed by atoms with Crippen molar-refractivity contribution in [2.24, 2.45) is 5.92 Å². The molecule has 24 heavy (non-hydrogen) atoms. The largest absolute Gasteiger partial charge is 0.416 e. The molecule has 1 atom stereocenters. The Kier molecular flexibility index (Phi) is 4.98. The highest BCUT2D eigenvalue weighted by Gasteiger charge is 2.30. The summed E-state index contributed by atoms with van der Waals surface area (Å²) >= 11 is 0. The van der Waals surface area contributed by atoms with Gasteiger partial charge in [0, 0.05) is 0 Å². The maximum Gasteiger partial charge on any atom is 0.416 e.